The van der Waals surface area contributed by atoms with E-state index in [0.29, 0.717) is 11.4 Å². The van der Waals surface area contributed by atoms with Crippen molar-refractivity contribution < 1.29 is 14.4 Å². The molecule has 3 rings (SSSR count). The molecule has 3 amide bonds. The van der Waals surface area contributed by atoms with Gasteiger partial charge in [-0.15, -0.1) is 0 Å². The highest BCUT2D eigenvalue weighted by Crippen LogP contribution is 2.26. The van der Waals surface area contributed by atoms with Gasteiger partial charge in [0.25, 0.3) is 17.7 Å². The van der Waals surface area contributed by atoms with Crippen LogP contribution in [0.1, 0.15) is 15.9 Å². The number of carbonyl (C=O) groups is 3. The summed E-state index contributed by atoms with van der Waals surface area (Å²) < 4.78 is 0. The van der Waals surface area contributed by atoms with Crippen LogP contribution < -0.4 is 10.2 Å². The van der Waals surface area contributed by atoms with Gasteiger partial charge in [-0.3, -0.25) is 14.4 Å². The number of aryl methyl sites for hydroxylation is 1. The maximum Gasteiger partial charge on any atom is 0.258 e. The van der Waals surface area contributed by atoms with E-state index in [1.54, 1.807) is 6.07 Å². The Morgan fingerprint density at radius 3 is 2.42 bits per heavy atom. The smallest absolute Gasteiger partial charge is 0.258 e. The molecule has 5 nitrogen and oxygen atoms in total. The number of halogens is 1. The van der Waals surface area contributed by atoms with E-state index in [-0.39, 0.29) is 10.6 Å². The third-order valence-corrected chi connectivity index (χ3v) is 3.87. The Labute approximate surface area is 143 Å². The number of anilines is 2. The lowest BCUT2D eigenvalue weighted by atomic mass is 10.1. The minimum atomic E-state index is -0.452. The zero-order valence-corrected chi connectivity index (χ0v) is 13.5. The fraction of sp³-hybridized carbons (Fsp3) is 0.0556. The number of hydrogen-bond donors (Lipinski definition) is 1. The second kappa shape index (κ2) is 6.29. The summed E-state index contributed by atoms with van der Waals surface area (Å²) in [5.41, 5.74) is 2.13. The fourth-order valence-corrected chi connectivity index (χ4v) is 2.61. The van der Waals surface area contributed by atoms with E-state index in [2.05, 4.69) is 5.32 Å². The third kappa shape index (κ3) is 3.07. The summed E-state index contributed by atoms with van der Waals surface area (Å²) >= 11 is 6.10. The lowest BCUT2D eigenvalue weighted by Gasteiger charge is -2.15. The standard InChI is InChI=1S/C18H13ClN2O3/c1-11-3-2-4-12(9-11)20-18(24)14-10-13(5-6-15(14)19)21-16(22)7-8-17(21)23/h2-10H,1H3,(H,20,24). The highest BCUT2D eigenvalue weighted by atomic mass is 35.5. The number of nitrogens with one attached hydrogen (secondary N) is 1. The molecular weight excluding hydrogens is 328 g/mol. The first kappa shape index (κ1) is 16.0. The van der Waals surface area contributed by atoms with Crippen molar-refractivity contribution in [1.82, 2.24) is 0 Å². The summed E-state index contributed by atoms with van der Waals surface area (Å²) in [6, 6.07) is 11.8. The van der Waals surface area contributed by atoms with Crippen molar-refractivity contribution in [3.05, 3.63) is 70.8 Å². The second-order valence-electron chi connectivity index (χ2n) is 5.33. The number of nitrogens with zero attached hydrogens (tertiary/aromatic N) is 1. The number of rotatable bonds is 3. The molecule has 1 aliphatic rings. The summed E-state index contributed by atoms with van der Waals surface area (Å²) in [6.45, 7) is 1.92. The molecule has 1 N–H and O–H groups in total. The molecule has 2 aromatic carbocycles. The predicted octanol–water partition coefficient (Wildman–Crippen LogP) is 3.33. The molecule has 120 valence electrons. The monoisotopic (exact) mass is 340 g/mol. The van der Waals surface area contributed by atoms with Gasteiger partial charge in [0.15, 0.2) is 0 Å². The Balaban J connectivity index is 1.90. The van der Waals surface area contributed by atoms with E-state index < -0.39 is 17.7 Å². The first-order valence-electron chi connectivity index (χ1n) is 7.19. The second-order valence-corrected chi connectivity index (χ2v) is 5.74. The van der Waals surface area contributed by atoms with Crippen LogP contribution in [0, 0.1) is 6.92 Å². The molecule has 0 unspecified atom stereocenters. The van der Waals surface area contributed by atoms with Gasteiger partial charge in [0, 0.05) is 17.8 Å². The molecule has 2 aromatic rings. The predicted molar refractivity (Wildman–Crippen MR) is 92.2 cm³/mol. The molecule has 1 heterocycles. The zero-order valence-electron chi connectivity index (χ0n) is 12.7. The molecule has 1 aliphatic heterocycles. The molecule has 0 fully saturated rings. The first-order chi connectivity index (χ1) is 11.5. The average molecular weight is 341 g/mol. The minimum absolute atomic E-state index is 0.183. The van der Waals surface area contributed by atoms with Gasteiger partial charge in [0.2, 0.25) is 0 Å². The van der Waals surface area contributed by atoms with E-state index >= 15 is 0 Å². The van der Waals surface area contributed by atoms with E-state index in [9.17, 15) is 14.4 Å². The highest BCUT2D eigenvalue weighted by Gasteiger charge is 2.26. The normalized spacial score (nSPS) is 13.5. The van der Waals surface area contributed by atoms with Gasteiger partial charge in [-0.05, 0) is 42.8 Å². The Hall–Kier alpha value is -2.92. The Morgan fingerprint density at radius 2 is 1.75 bits per heavy atom. The van der Waals surface area contributed by atoms with Crippen LogP contribution in [0.5, 0.6) is 0 Å². The van der Waals surface area contributed by atoms with Gasteiger partial charge in [-0.25, -0.2) is 4.90 Å². The van der Waals surface area contributed by atoms with Crippen LogP contribution in [-0.2, 0) is 9.59 Å². The topological polar surface area (TPSA) is 66.5 Å². The van der Waals surface area contributed by atoms with E-state index in [4.69, 9.17) is 11.6 Å². The molecule has 0 aliphatic carbocycles. The van der Waals surface area contributed by atoms with Crippen molar-refractivity contribution in [2.24, 2.45) is 0 Å². The SMILES string of the molecule is Cc1cccc(NC(=O)c2cc(N3C(=O)C=CC3=O)ccc2Cl)c1. The lowest BCUT2D eigenvalue weighted by molar-refractivity contribution is -0.119. The fourth-order valence-electron chi connectivity index (χ4n) is 2.40. The molecule has 24 heavy (non-hydrogen) atoms. The maximum absolute atomic E-state index is 12.5. The van der Waals surface area contributed by atoms with Crippen LogP contribution in [0.4, 0.5) is 11.4 Å². The Kier molecular flexibility index (Phi) is 4.18. The molecule has 0 spiro atoms. The third-order valence-electron chi connectivity index (χ3n) is 3.54. The van der Waals surface area contributed by atoms with Crippen LogP contribution in [0.25, 0.3) is 0 Å². The van der Waals surface area contributed by atoms with Crippen LogP contribution in [0.15, 0.2) is 54.6 Å². The van der Waals surface area contributed by atoms with E-state index in [1.807, 2.05) is 25.1 Å². The molecule has 0 radical (unpaired) electrons. The van der Waals surface area contributed by atoms with Gasteiger partial charge < -0.3 is 5.32 Å². The van der Waals surface area contributed by atoms with E-state index in [1.165, 1.54) is 30.4 Å². The molecule has 0 bridgehead atoms. The van der Waals surface area contributed by atoms with Crippen molar-refractivity contribution in [2.45, 2.75) is 6.92 Å². The summed E-state index contributed by atoms with van der Waals surface area (Å²) in [5, 5.41) is 2.99. The largest absolute Gasteiger partial charge is 0.322 e. The minimum Gasteiger partial charge on any atom is -0.322 e. The molecule has 6 heteroatoms. The number of hydrogen-bond acceptors (Lipinski definition) is 3. The first-order valence-corrected chi connectivity index (χ1v) is 7.57. The van der Waals surface area contributed by atoms with Crippen LogP contribution in [-0.4, -0.2) is 17.7 Å². The van der Waals surface area contributed by atoms with Crippen molar-refractivity contribution in [3.63, 3.8) is 0 Å². The van der Waals surface area contributed by atoms with Gasteiger partial charge in [0.05, 0.1) is 16.3 Å². The summed E-state index contributed by atoms with van der Waals surface area (Å²) in [4.78, 5) is 37.0. The summed E-state index contributed by atoms with van der Waals surface area (Å²) in [5.74, 6) is -1.32. The molecule has 0 saturated heterocycles. The molecule has 0 aromatic heterocycles. The Bertz CT molecular complexity index is 872. The van der Waals surface area contributed by atoms with Crippen LogP contribution in [0.3, 0.4) is 0 Å². The average Bonchev–Trinajstić information content (AvgIpc) is 2.87. The summed E-state index contributed by atoms with van der Waals surface area (Å²) in [7, 11) is 0. The van der Waals surface area contributed by atoms with Gasteiger partial charge >= 0.3 is 0 Å². The number of benzene rings is 2. The quantitative estimate of drug-likeness (QED) is 0.871. The molecule has 0 atom stereocenters. The molecule has 0 saturated carbocycles. The highest BCUT2D eigenvalue weighted by molar-refractivity contribution is 6.35. The van der Waals surface area contributed by atoms with E-state index in [0.717, 1.165) is 10.5 Å². The van der Waals surface area contributed by atoms with Crippen LogP contribution in [0.2, 0.25) is 5.02 Å². The zero-order chi connectivity index (χ0) is 17.3. The van der Waals surface area contributed by atoms with Crippen molar-refractivity contribution in [2.75, 3.05) is 10.2 Å². The number of imide groups is 1. The van der Waals surface area contributed by atoms with Crippen molar-refractivity contribution in [3.8, 4) is 0 Å². The molecular formula is C18H13ClN2O3. The number of amides is 3. The van der Waals surface area contributed by atoms with Crippen LogP contribution >= 0.6 is 11.6 Å². The lowest BCUT2D eigenvalue weighted by Crippen LogP contribution is -2.29. The van der Waals surface area contributed by atoms with Crippen molar-refractivity contribution in [1.29, 1.82) is 0 Å². The van der Waals surface area contributed by atoms with Gasteiger partial charge in [-0.2, -0.15) is 0 Å². The number of carbonyl (C=O) groups excluding carboxylic acids is 3. The maximum atomic E-state index is 12.5. The van der Waals surface area contributed by atoms with Crippen molar-refractivity contribution >= 4 is 40.7 Å². The summed E-state index contributed by atoms with van der Waals surface area (Å²) in [6.07, 6.45) is 2.37. The van der Waals surface area contributed by atoms with Gasteiger partial charge in [-0.1, -0.05) is 23.7 Å². The van der Waals surface area contributed by atoms with Gasteiger partial charge in [0.1, 0.15) is 0 Å². The Morgan fingerprint density at radius 1 is 1.04 bits per heavy atom.